The van der Waals surface area contributed by atoms with Crippen LogP contribution in [0.2, 0.25) is 0 Å². The smallest absolute Gasteiger partial charge is 0.290 e. The Morgan fingerprint density at radius 3 is 2.25 bits per heavy atom. The monoisotopic (exact) mass is 308 g/mol. The van der Waals surface area contributed by atoms with Crippen LogP contribution in [-0.4, -0.2) is 25.3 Å². The molecular weight excluding hydrogens is 294 g/mol. The highest BCUT2D eigenvalue weighted by atomic mass is 127. The molecular formula is C6H14IO4P. The summed E-state index contributed by atoms with van der Waals surface area (Å²) in [6.45, 7) is 0.419. The topological polar surface area (TPSA) is 44.8 Å². The van der Waals surface area contributed by atoms with Crippen LogP contribution in [0.25, 0.3) is 0 Å². The number of rotatable bonds is 7. The SMILES string of the molecule is COP(=O)(OC)OCCCCI. The van der Waals surface area contributed by atoms with Gasteiger partial charge >= 0.3 is 7.82 Å². The fourth-order valence-corrected chi connectivity index (χ4v) is 1.80. The van der Waals surface area contributed by atoms with Crippen LogP contribution in [0.15, 0.2) is 0 Å². The number of phosphoric ester groups is 1. The third-order valence-corrected chi connectivity index (χ3v) is 3.38. The first-order chi connectivity index (χ1) is 5.68. The molecule has 0 bridgehead atoms. The minimum atomic E-state index is -3.22. The maximum absolute atomic E-state index is 11.2. The molecule has 74 valence electrons. The van der Waals surface area contributed by atoms with Crippen LogP contribution >= 0.6 is 30.4 Å². The van der Waals surface area contributed by atoms with Crippen LogP contribution in [0.4, 0.5) is 0 Å². The molecule has 0 aromatic heterocycles. The van der Waals surface area contributed by atoms with Crippen molar-refractivity contribution in [1.29, 1.82) is 0 Å². The predicted octanol–water partition coefficient (Wildman–Crippen LogP) is 2.62. The fourth-order valence-electron chi connectivity index (χ4n) is 0.553. The van der Waals surface area contributed by atoms with Crippen LogP contribution < -0.4 is 0 Å². The maximum Gasteiger partial charge on any atom is 0.474 e. The molecule has 6 heteroatoms. The van der Waals surface area contributed by atoms with Crippen LogP contribution in [0.3, 0.4) is 0 Å². The Bertz CT molecular complexity index is 144. The first kappa shape index (κ1) is 12.8. The second-order valence-electron chi connectivity index (χ2n) is 2.04. The van der Waals surface area contributed by atoms with E-state index in [1.54, 1.807) is 0 Å². The van der Waals surface area contributed by atoms with Crippen molar-refractivity contribution >= 4 is 30.4 Å². The molecule has 0 aromatic carbocycles. The van der Waals surface area contributed by atoms with E-state index >= 15 is 0 Å². The summed E-state index contributed by atoms with van der Waals surface area (Å²) >= 11 is 2.28. The van der Waals surface area contributed by atoms with E-state index in [1.807, 2.05) is 0 Å². The number of unbranched alkanes of at least 4 members (excludes halogenated alkanes) is 1. The van der Waals surface area contributed by atoms with E-state index in [1.165, 1.54) is 14.2 Å². The lowest BCUT2D eigenvalue weighted by Gasteiger charge is -2.12. The van der Waals surface area contributed by atoms with Gasteiger partial charge in [-0.2, -0.15) is 0 Å². The summed E-state index contributed by atoms with van der Waals surface area (Å²) in [5.74, 6) is 0. The lowest BCUT2D eigenvalue weighted by Crippen LogP contribution is -1.97. The zero-order chi connectivity index (χ0) is 9.45. The lowest BCUT2D eigenvalue weighted by atomic mass is 10.4. The van der Waals surface area contributed by atoms with Crippen molar-refractivity contribution in [2.24, 2.45) is 0 Å². The van der Waals surface area contributed by atoms with E-state index in [-0.39, 0.29) is 0 Å². The number of hydrogen-bond donors (Lipinski definition) is 0. The summed E-state index contributed by atoms with van der Waals surface area (Å²) in [7, 11) is -0.607. The highest BCUT2D eigenvalue weighted by Gasteiger charge is 2.21. The van der Waals surface area contributed by atoms with Gasteiger partial charge in [-0.3, -0.25) is 13.6 Å². The van der Waals surface area contributed by atoms with Gasteiger partial charge in [-0.15, -0.1) is 0 Å². The van der Waals surface area contributed by atoms with Crippen molar-refractivity contribution in [2.75, 3.05) is 25.3 Å². The first-order valence-corrected chi connectivity index (χ1v) is 6.59. The van der Waals surface area contributed by atoms with E-state index in [4.69, 9.17) is 4.52 Å². The zero-order valence-corrected chi connectivity index (χ0v) is 10.3. The predicted molar refractivity (Wildman–Crippen MR) is 55.7 cm³/mol. The average Bonchev–Trinajstić information content (AvgIpc) is 2.12. The molecule has 12 heavy (non-hydrogen) atoms. The highest BCUT2D eigenvalue weighted by molar-refractivity contribution is 14.1. The van der Waals surface area contributed by atoms with E-state index < -0.39 is 7.82 Å². The fraction of sp³-hybridized carbons (Fsp3) is 1.00. The van der Waals surface area contributed by atoms with E-state index in [0.29, 0.717) is 6.61 Å². The van der Waals surface area contributed by atoms with Gasteiger partial charge < -0.3 is 0 Å². The Morgan fingerprint density at radius 2 is 1.83 bits per heavy atom. The molecule has 4 nitrogen and oxygen atoms in total. The minimum Gasteiger partial charge on any atom is -0.290 e. The molecule has 0 aliphatic heterocycles. The molecule has 0 N–H and O–H groups in total. The number of phosphoric acid groups is 1. The molecule has 0 radical (unpaired) electrons. The van der Waals surface area contributed by atoms with Crippen LogP contribution in [0.1, 0.15) is 12.8 Å². The summed E-state index contributed by atoms with van der Waals surface area (Å²) in [6, 6.07) is 0. The van der Waals surface area contributed by atoms with Gasteiger partial charge in [0.05, 0.1) is 6.61 Å². The van der Waals surface area contributed by atoms with Crippen molar-refractivity contribution in [3.8, 4) is 0 Å². The summed E-state index contributed by atoms with van der Waals surface area (Å²) in [5, 5.41) is 0. The number of alkyl halides is 1. The molecule has 0 rings (SSSR count). The molecule has 0 saturated carbocycles. The quantitative estimate of drug-likeness (QED) is 0.314. The Balaban J connectivity index is 3.52. The Morgan fingerprint density at radius 1 is 1.25 bits per heavy atom. The molecule has 0 aliphatic rings. The summed E-state index contributed by atoms with van der Waals surface area (Å²) in [6.07, 6.45) is 1.92. The van der Waals surface area contributed by atoms with Gasteiger partial charge in [0.2, 0.25) is 0 Å². The van der Waals surface area contributed by atoms with Crippen molar-refractivity contribution < 1.29 is 18.1 Å². The van der Waals surface area contributed by atoms with Crippen molar-refractivity contribution in [3.05, 3.63) is 0 Å². The molecule has 0 aromatic rings. The third kappa shape index (κ3) is 5.48. The molecule has 0 heterocycles. The van der Waals surface area contributed by atoms with Gasteiger partial charge in [0.25, 0.3) is 0 Å². The van der Waals surface area contributed by atoms with E-state index in [2.05, 4.69) is 31.6 Å². The average molecular weight is 308 g/mol. The van der Waals surface area contributed by atoms with Crippen LogP contribution in [0, 0.1) is 0 Å². The van der Waals surface area contributed by atoms with E-state index in [0.717, 1.165) is 17.3 Å². The molecule has 0 atom stereocenters. The Labute approximate surface area is 86.7 Å². The van der Waals surface area contributed by atoms with Gasteiger partial charge in [0.15, 0.2) is 0 Å². The van der Waals surface area contributed by atoms with Gasteiger partial charge in [0.1, 0.15) is 0 Å². The number of hydrogen-bond acceptors (Lipinski definition) is 4. The second-order valence-corrected chi connectivity index (χ2v) is 5.00. The molecule has 0 saturated heterocycles. The van der Waals surface area contributed by atoms with Crippen LogP contribution in [0.5, 0.6) is 0 Å². The second kappa shape index (κ2) is 7.26. The molecule has 0 fully saturated rings. The lowest BCUT2D eigenvalue weighted by molar-refractivity contribution is 0.151. The van der Waals surface area contributed by atoms with Gasteiger partial charge in [-0.25, -0.2) is 4.57 Å². The summed E-state index contributed by atoms with van der Waals surface area (Å²) < 4.78 is 26.4. The third-order valence-electron chi connectivity index (χ3n) is 1.22. The minimum absolute atomic E-state index is 0.419. The highest BCUT2D eigenvalue weighted by Crippen LogP contribution is 2.47. The van der Waals surface area contributed by atoms with Gasteiger partial charge in [-0.05, 0) is 17.3 Å². The molecule has 0 spiro atoms. The standard InChI is InChI=1S/C6H14IO4P/c1-9-12(8,10-2)11-6-4-3-5-7/h3-6H2,1-2H3. The van der Waals surface area contributed by atoms with Crippen molar-refractivity contribution in [3.63, 3.8) is 0 Å². The normalized spacial score (nSPS) is 11.9. The van der Waals surface area contributed by atoms with E-state index in [9.17, 15) is 4.57 Å². The Hall–Kier alpha value is 0.840. The van der Waals surface area contributed by atoms with Crippen LogP contribution in [-0.2, 0) is 18.1 Å². The first-order valence-electron chi connectivity index (χ1n) is 3.60. The molecule has 0 aliphatic carbocycles. The van der Waals surface area contributed by atoms with Crippen molar-refractivity contribution in [2.45, 2.75) is 12.8 Å². The molecule has 0 unspecified atom stereocenters. The zero-order valence-electron chi connectivity index (χ0n) is 7.29. The van der Waals surface area contributed by atoms with Crippen molar-refractivity contribution in [1.82, 2.24) is 0 Å². The maximum atomic E-state index is 11.2. The number of halogens is 1. The molecule has 0 amide bonds. The summed E-state index contributed by atoms with van der Waals surface area (Å²) in [4.78, 5) is 0. The van der Waals surface area contributed by atoms with Gasteiger partial charge in [0, 0.05) is 14.2 Å². The summed E-state index contributed by atoms with van der Waals surface area (Å²) in [5.41, 5.74) is 0. The Kier molecular flexibility index (Phi) is 7.77. The van der Waals surface area contributed by atoms with Gasteiger partial charge in [-0.1, -0.05) is 22.6 Å². The largest absolute Gasteiger partial charge is 0.474 e.